The molecule has 2 rings (SSSR count). The molecule has 1 aromatic rings. The summed E-state index contributed by atoms with van der Waals surface area (Å²) in [6.45, 7) is 7.07. The third kappa shape index (κ3) is 3.10. The second-order valence-electron chi connectivity index (χ2n) is 4.80. The van der Waals surface area contributed by atoms with Crippen LogP contribution in [-0.4, -0.2) is 42.7 Å². The third-order valence-electron chi connectivity index (χ3n) is 3.36. The first-order valence-electron chi connectivity index (χ1n) is 6.74. The lowest BCUT2D eigenvalue weighted by molar-refractivity contribution is 0.443. The topological polar surface area (TPSA) is 53.1 Å². The van der Waals surface area contributed by atoms with Crippen molar-refractivity contribution in [1.82, 2.24) is 15.3 Å². The Balaban J connectivity index is 2.15. The summed E-state index contributed by atoms with van der Waals surface area (Å²) < 4.78 is 0. The van der Waals surface area contributed by atoms with E-state index in [-0.39, 0.29) is 0 Å². The molecular formula is C13H23N5. The Hall–Kier alpha value is -1.36. The molecule has 1 unspecified atom stereocenters. The van der Waals surface area contributed by atoms with Gasteiger partial charge in [0, 0.05) is 32.2 Å². The summed E-state index contributed by atoms with van der Waals surface area (Å²) in [4.78, 5) is 11.2. The van der Waals surface area contributed by atoms with Gasteiger partial charge in [0.05, 0.1) is 0 Å². The van der Waals surface area contributed by atoms with Crippen molar-refractivity contribution in [3.63, 3.8) is 0 Å². The average molecular weight is 249 g/mol. The summed E-state index contributed by atoms with van der Waals surface area (Å²) in [6.07, 6.45) is 2.46. The normalized spacial score (nSPS) is 19.6. The first-order valence-corrected chi connectivity index (χ1v) is 6.74. The molecule has 0 aliphatic carbocycles. The van der Waals surface area contributed by atoms with Gasteiger partial charge in [0.25, 0.3) is 0 Å². The van der Waals surface area contributed by atoms with Crippen molar-refractivity contribution in [2.45, 2.75) is 32.7 Å². The molecule has 0 amide bonds. The van der Waals surface area contributed by atoms with E-state index in [1.54, 1.807) is 0 Å². The van der Waals surface area contributed by atoms with Crippen LogP contribution in [0.4, 0.5) is 11.6 Å². The highest BCUT2D eigenvalue weighted by Crippen LogP contribution is 2.19. The molecule has 1 fully saturated rings. The van der Waals surface area contributed by atoms with Gasteiger partial charge < -0.3 is 15.5 Å². The van der Waals surface area contributed by atoms with Gasteiger partial charge >= 0.3 is 0 Å². The number of likely N-dealkylation sites (N-methyl/N-ethyl adjacent to an activating group) is 1. The predicted molar refractivity (Wildman–Crippen MR) is 75.2 cm³/mol. The predicted octanol–water partition coefficient (Wildman–Crippen LogP) is 1.41. The van der Waals surface area contributed by atoms with Crippen LogP contribution in [0.15, 0.2) is 6.07 Å². The molecule has 2 heterocycles. The molecule has 0 spiro atoms. The number of nitrogens with one attached hydrogen (secondary N) is 2. The van der Waals surface area contributed by atoms with E-state index in [0.717, 1.165) is 37.1 Å². The molecule has 5 heteroatoms. The number of hydrogen-bond donors (Lipinski definition) is 2. The van der Waals surface area contributed by atoms with Gasteiger partial charge in [-0.25, -0.2) is 9.97 Å². The molecule has 5 nitrogen and oxygen atoms in total. The molecule has 0 bridgehead atoms. The summed E-state index contributed by atoms with van der Waals surface area (Å²) in [5.41, 5.74) is 0. The van der Waals surface area contributed by atoms with Crippen molar-refractivity contribution in [2.75, 3.05) is 36.9 Å². The van der Waals surface area contributed by atoms with Crippen LogP contribution in [0.5, 0.6) is 0 Å². The highest BCUT2D eigenvalue weighted by Gasteiger charge is 2.19. The fourth-order valence-corrected chi connectivity index (χ4v) is 2.36. The Morgan fingerprint density at radius 1 is 1.50 bits per heavy atom. The lowest BCUT2D eigenvalue weighted by Gasteiger charge is -2.32. The Morgan fingerprint density at radius 2 is 2.33 bits per heavy atom. The number of aromatic nitrogens is 2. The van der Waals surface area contributed by atoms with Crippen LogP contribution < -0.4 is 15.5 Å². The molecule has 1 atom stereocenters. The van der Waals surface area contributed by atoms with Gasteiger partial charge in [-0.05, 0) is 33.2 Å². The fourth-order valence-electron chi connectivity index (χ4n) is 2.36. The number of nitrogens with zero attached hydrogens (tertiary/aromatic N) is 3. The average Bonchev–Trinajstić information content (AvgIpc) is 2.38. The first kappa shape index (κ1) is 13.1. The quantitative estimate of drug-likeness (QED) is 0.845. The third-order valence-corrected chi connectivity index (χ3v) is 3.36. The molecule has 0 radical (unpaired) electrons. The molecule has 2 N–H and O–H groups in total. The van der Waals surface area contributed by atoms with Crippen LogP contribution in [0.3, 0.4) is 0 Å². The number of aryl methyl sites for hydroxylation is 1. The molecule has 18 heavy (non-hydrogen) atoms. The second-order valence-corrected chi connectivity index (χ2v) is 4.80. The summed E-state index contributed by atoms with van der Waals surface area (Å²) in [7, 11) is 2.12. The molecular weight excluding hydrogens is 226 g/mol. The van der Waals surface area contributed by atoms with E-state index >= 15 is 0 Å². The highest BCUT2D eigenvalue weighted by molar-refractivity contribution is 5.49. The highest BCUT2D eigenvalue weighted by atomic mass is 15.2. The van der Waals surface area contributed by atoms with Crippen LogP contribution in [0.25, 0.3) is 0 Å². The number of hydrogen-bond acceptors (Lipinski definition) is 5. The summed E-state index contributed by atoms with van der Waals surface area (Å²) in [6, 6.07) is 2.56. The maximum absolute atomic E-state index is 4.54. The minimum absolute atomic E-state index is 0.530. The van der Waals surface area contributed by atoms with Gasteiger partial charge in [-0.2, -0.15) is 0 Å². The van der Waals surface area contributed by atoms with Crippen molar-refractivity contribution < 1.29 is 0 Å². The minimum atomic E-state index is 0.530. The smallest absolute Gasteiger partial charge is 0.134 e. The largest absolute Gasteiger partial charge is 0.370 e. The number of anilines is 2. The number of piperidine rings is 1. The van der Waals surface area contributed by atoms with Crippen molar-refractivity contribution in [1.29, 1.82) is 0 Å². The fraction of sp³-hybridized carbons (Fsp3) is 0.692. The summed E-state index contributed by atoms with van der Waals surface area (Å²) >= 11 is 0. The standard InChI is InChI=1S/C13H23N5/c1-4-15-12-8-13(17-10(2)16-12)18(3)11-6-5-7-14-9-11/h8,11,14H,4-7,9H2,1-3H3,(H,15,16,17). The number of rotatable bonds is 4. The van der Waals surface area contributed by atoms with Gasteiger partial charge in [-0.3, -0.25) is 0 Å². The van der Waals surface area contributed by atoms with Gasteiger partial charge in [0.1, 0.15) is 17.5 Å². The Bertz CT molecular complexity index is 387. The van der Waals surface area contributed by atoms with Gasteiger partial charge in [-0.1, -0.05) is 0 Å². The van der Waals surface area contributed by atoms with Crippen LogP contribution in [0, 0.1) is 6.92 Å². The Kier molecular flexibility index (Phi) is 4.36. The molecule has 0 aromatic carbocycles. The minimum Gasteiger partial charge on any atom is -0.370 e. The molecule has 1 aromatic heterocycles. The van der Waals surface area contributed by atoms with Gasteiger partial charge in [0.2, 0.25) is 0 Å². The Labute approximate surface area is 109 Å². The molecule has 1 saturated heterocycles. The summed E-state index contributed by atoms with van der Waals surface area (Å²) in [5.74, 6) is 2.74. The van der Waals surface area contributed by atoms with Crippen molar-refractivity contribution in [3.8, 4) is 0 Å². The zero-order valence-electron chi connectivity index (χ0n) is 11.5. The molecule has 100 valence electrons. The second kappa shape index (κ2) is 6.00. The molecule has 1 aliphatic rings. The van der Waals surface area contributed by atoms with E-state index in [4.69, 9.17) is 0 Å². The molecule has 0 saturated carbocycles. The van der Waals surface area contributed by atoms with Crippen molar-refractivity contribution >= 4 is 11.6 Å². The van der Waals surface area contributed by atoms with Crippen LogP contribution in [-0.2, 0) is 0 Å². The van der Waals surface area contributed by atoms with E-state index in [0.29, 0.717) is 6.04 Å². The van der Waals surface area contributed by atoms with E-state index < -0.39 is 0 Å². The zero-order valence-corrected chi connectivity index (χ0v) is 11.5. The van der Waals surface area contributed by atoms with Gasteiger partial charge in [-0.15, -0.1) is 0 Å². The van der Waals surface area contributed by atoms with Crippen LogP contribution >= 0.6 is 0 Å². The Morgan fingerprint density at radius 3 is 3.00 bits per heavy atom. The maximum Gasteiger partial charge on any atom is 0.134 e. The lowest BCUT2D eigenvalue weighted by Crippen LogP contribution is -2.44. The van der Waals surface area contributed by atoms with Crippen molar-refractivity contribution in [3.05, 3.63) is 11.9 Å². The SMILES string of the molecule is CCNc1cc(N(C)C2CCCNC2)nc(C)n1. The van der Waals surface area contributed by atoms with E-state index in [2.05, 4.69) is 39.5 Å². The van der Waals surface area contributed by atoms with E-state index in [1.165, 1.54) is 12.8 Å². The zero-order chi connectivity index (χ0) is 13.0. The maximum atomic E-state index is 4.54. The monoisotopic (exact) mass is 249 g/mol. The van der Waals surface area contributed by atoms with Crippen LogP contribution in [0.1, 0.15) is 25.6 Å². The first-order chi connectivity index (χ1) is 8.70. The summed E-state index contributed by atoms with van der Waals surface area (Å²) in [5, 5.41) is 6.69. The van der Waals surface area contributed by atoms with Gasteiger partial charge in [0.15, 0.2) is 0 Å². The van der Waals surface area contributed by atoms with E-state index in [9.17, 15) is 0 Å². The molecule has 1 aliphatic heterocycles. The van der Waals surface area contributed by atoms with Crippen LogP contribution in [0.2, 0.25) is 0 Å². The van der Waals surface area contributed by atoms with Crippen molar-refractivity contribution in [2.24, 2.45) is 0 Å². The lowest BCUT2D eigenvalue weighted by atomic mass is 10.1. The van der Waals surface area contributed by atoms with E-state index in [1.807, 2.05) is 13.0 Å².